The average Bonchev–Trinajstić information content (AvgIpc) is 2.67. The first-order valence-electron chi connectivity index (χ1n) is 9.58. The lowest BCUT2D eigenvalue weighted by Gasteiger charge is -2.37. The van der Waals surface area contributed by atoms with Crippen molar-refractivity contribution in [3.8, 4) is 0 Å². The van der Waals surface area contributed by atoms with Crippen molar-refractivity contribution in [3.05, 3.63) is 34.9 Å². The zero-order chi connectivity index (χ0) is 19.9. The summed E-state index contributed by atoms with van der Waals surface area (Å²) >= 11 is 5.96. The first-order chi connectivity index (χ1) is 12.9. The molecule has 1 heterocycles. The highest BCUT2D eigenvalue weighted by Gasteiger charge is 2.27. The van der Waals surface area contributed by atoms with Crippen molar-refractivity contribution in [1.82, 2.24) is 20.4 Å². The first kappa shape index (κ1) is 21.5. The fourth-order valence-corrected chi connectivity index (χ4v) is 3.20. The second kappa shape index (κ2) is 9.95. The number of carbonyl (C=O) groups is 1. The van der Waals surface area contributed by atoms with Gasteiger partial charge >= 0.3 is 0 Å². The van der Waals surface area contributed by atoms with Gasteiger partial charge in [-0.1, -0.05) is 23.7 Å². The van der Waals surface area contributed by atoms with E-state index < -0.39 is 5.41 Å². The van der Waals surface area contributed by atoms with Crippen LogP contribution in [-0.2, 0) is 11.3 Å². The van der Waals surface area contributed by atoms with E-state index in [4.69, 9.17) is 16.6 Å². The highest BCUT2D eigenvalue weighted by atomic mass is 35.5. The van der Waals surface area contributed by atoms with Crippen LogP contribution in [0.2, 0.25) is 5.02 Å². The number of aliphatic imine (C=N–C) groups is 1. The van der Waals surface area contributed by atoms with Gasteiger partial charge in [0, 0.05) is 51.3 Å². The zero-order valence-electron chi connectivity index (χ0n) is 16.9. The van der Waals surface area contributed by atoms with E-state index in [1.807, 2.05) is 26.0 Å². The second-order valence-corrected chi connectivity index (χ2v) is 7.96. The molecule has 2 rings (SSSR count). The van der Waals surface area contributed by atoms with Crippen LogP contribution in [0.1, 0.15) is 26.3 Å². The van der Waals surface area contributed by atoms with Gasteiger partial charge in [-0.3, -0.25) is 14.7 Å². The highest BCUT2D eigenvalue weighted by Crippen LogP contribution is 2.16. The van der Waals surface area contributed by atoms with Crippen molar-refractivity contribution in [2.45, 2.75) is 27.3 Å². The van der Waals surface area contributed by atoms with E-state index in [1.165, 1.54) is 5.56 Å². The molecule has 0 bridgehead atoms. The van der Waals surface area contributed by atoms with Crippen LogP contribution in [0.5, 0.6) is 0 Å². The van der Waals surface area contributed by atoms with Crippen LogP contribution < -0.4 is 10.6 Å². The maximum atomic E-state index is 12.0. The maximum Gasteiger partial charge on any atom is 0.227 e. The Labute approximate surface area is 168 Å². The quantitative estimate of drug-likeness (QED) is 0.574. The van der Waals surface area contributed by atoms with Crippen LogP contribution in [0.4, 0.5) is 0 Å². The topological polar surface area (TPSA) is 60.0 Å². The summed E-state index contributed by atoms with van der Waals surface area (Å²) in [5, 5.41) is 6.85. The predicted molar refractivity (Wildman–Crippen MR) is 112 cm³/mol. The fourth-order valence-electron chi connectivity index (χ4n) is 3.07. The fraction of sp³-hybridized carbons (Fsp3) is 0.600. The summed E-state index contributed by atoms with van der Waals surface area (Å²) in [6, 6.07) is 8.05. The van der Waals surface area contributed by atoms with Crippen LogP contribution in [0.3, 0.4) is 0 Å². The molecular weight excluding hydrogens is 362 g/mol. The van der Waals surface area contributed by atoms with Crippen LogP contribution in [-0.4, -0.2) is 68.0 Å². The number of carbonyl (C=O) groups excluding carboxylic acids is 1. The van der Waals surface area contributed by atoms with Crippen molar-refractivity contribution in [2.75, 3.05) is 46.3 Å². The molecule has 1 aromatic carbocycles. The summed E-state index contributed by atoms with van der Waals surface area (Å²) in [4.78, 5) is 21.4. The number of amides is 1. The van der Waals surface area contributed by atoms with Gasteiger partial charge in [0.05, 0.1) is 12.0 Å². The van der Waals surface area contributed by atoms with E-state index in [0.717, 1.165) is 50.3 Å². The van der Waals surface area contributed by atoms with Gasteiger partial charge in [-0.25, -0.2) is 0 Å². The Hall–Kier alpha value is -1.79. The molecule has 1 saturated heterocycles. The Morgan fingerprint density at radius 2 is 1.81 bits per heavy atom. The average molecular weight is 394 g/mol. The summed E-state index contributed by atoms with van der Waals surface area (Å²) in [6.07, 6.45) is 0. The van der Waals surface area contributed by atoms with Crippen molar-refractivity contribution >= 4 is 23.5 Å². The molecule has 0 atom stereocenters. The van der Waals surface area contributed by atoms with Crippen molar-refractivity contribution in [3.63, 3.8) is 0 Å². The normalized spacial score (nSPS) is 16.3. The molecule has 1 aromatic rings. The van der Waals surface area contributed by atoms with Gasteiger partial charge in [0.15, 0.2) is 5.96 Å². The monoisotopic (exact) mass is 393 g/mol. The molecule has 0 spiro atoms. The van der Waals surface area contributed by atoms with E-state index in [1.54, 1.807) is 7.05 Å². The van der Waals surface area contributed by atoms with Crippen molar-refractivity contribution in [2.24, 2.45) is 10.4 Å². The summed E-state index contributed by atoms with van der Waals surface area (Å²) < 4.78 is 0. The summed E-state index contributed by atoms with van der Waals surface area (Å²) in [7, 11) is 1.67. The molecule has 1 aliphatic heterocycles. The molecule has 0 aromatic heterocycles. The molecule has 1 amide bonds. The zero-order valence-corrected chi connectivity index (χ0v) is 17.6. The lowest BCUT2D eigenvalue weighted by atomic mass is 9.93. The van der Waals surface area contributed by atoms with E-state index >= 15 is 0 Å². The molecule has 150 valence electrons. The lowest BCUT2D eigenvalue weighted by Crippen LogP contribution is -2.52. The van der Waals surface area contributed by atoms with Gasteiger partial charge in [0.25, 0.3) is 0 Å². The Morgan fingerprint density at radius 1 is 1.19 bits per heavy atom. The molecule has 27 heavy (non-hydrogen) atoms. The van der Waals surface area contributed by atoms with Crippen LogP contribution in [0.15, 0.2) is 29.3 Å². The van der Waals surface area contributed by atoms with Crippen molar-refractivity contribution < 1.29 is 4.79 Å². The Morgan fingerprint density at radius 3 is 2.37 bits per heavy atom. The van der Waals surface area contributed by atoms with Crippen molar-refractivity contribution in [1.29, 1.82) is 0 Å². The maximum absolute atomic E-state index is 12.0. The molecule has 0 unspecified atom stereocenters. The van der Waals surface area contributed by atoms with E-state index in [0.29, 0.717) is 6.54 Å². The minimum Gasteiger partial charge on any atom is -0.359 e. The van der Waals surface area contributed by atoms with Gasteiger partial charge in [0.1, 0.15) is 0 Å². The number of guanidine groups is 1. The summed E-state index contributed by atoms with van der Waals surface area (Å²) in [6.45, 7) is 11.9. The second-order valence-electron chi connectivity index (χ2n) is 7.52. The minimum absolute atomic E-state index is 0.00915. The van der Waals surface area contributed by atoms with E-state index in [-0.39, 0.29) is 5.91 Å². The smallest absolute Gasteiger partial charge is 0.227 e. The highest BCUT2D eigenvalue weighted by molar-refractivity contribution is 6.30. The number of benzene rings is 1. The molecule has 1 fully saturated rings. The third kappa shape index (κ3) is 6.40. The lowest BCUT2D eigenvalue weighted by molar-refractivity contribution is -0.128. The molecule has 1 aliphatic rings. The number of halogens is 1. The summed E-state index contributed by atoms with van der Waals surface area (Å²) in [5.41, 5.74) is 0.756. The van der Waals surface area contributed by atoms with Crippen LogP contribution in [0, 0.1) is 5.41 Å². The van der Waals surface area contributed by atoms with Gasteiger partial charge in [-0.05, 0) is 38.5 Å². The third-order valence-corrected chi connectivity index (χ3v) is 5.04. The Kier molecular flexibility index (Phi) is 7.92. The molecule has 6 nitrogen and oxygen atoms in total. The third-order valence-electron chi connectivity index (χ3n) is 4.79. The number of nitrogens with zero attached hydrogens (tertiary/aromatic N) is 3. The van der Waals surface area contributed by atoms with Gasteiger partial charge in [-0.15, -0.1) is 0 Å². The largest absolute Gasteiger partial charge is 0.359 e. The van der Waals surface area contributed by atoms with Gasteiger partial charge in [0.2, 0.25) is 5.91 Å². The van der Waals surface area contributed by atoms with Crippen LogP contribution in [0.25, 0.3) is 0 Å². The predicted octanol–water partition coefficient (Wildman–Crippen LogP) is 2.20. The number of nitrogens with one attached hydrogen (secondary N) is 2. The van der Waals surface area contributed by atoms with E-state index in [9.17, 15) is 4.79 Å². The molecular formula is C20H32ClN5O. The first-order valence-corrected chi connectivity index (χ1v) is 9.95. The minimum atomic E-state index is -0.522. The number of hydrogen-bond acceptors (Lipinski definition) is 3. The molecule has 2 N–H and O–H groups in total. The molecule has 7 heteroatoms. The van der Waals surface area contributed by atoms with Gasteiger partial charge in [-0.2, -0.15) is 0 Å². The standard InChI is InChI=1S/C20H32ClN5O/c1-5-23-19(24-15-20(2,3)18(27)22-4)26-12-10-25(11-13-26)14-16-6-8-17(21)9-7-16/h6-9H,5,10-15H2,1-4H3,(H,22,27)(H,23,24). The molecule has 0 aliphatic carbocycles. The van der Waals surface area contributed by atoms with E-state index in [2.05, 4.69) is 39.5 Å². The summed E-state index contributed by atoms with van der Waals surface area (Å²) in [5.74, 6) is 0.899. The SMILES string of the molecule is CCNC(=NCC(C)(C)C(=O)NC)N1CCN(Cc2ccc(Cl)cc2)CC1. The molecule has 0 radical (unpaired) electrons. The molecule has 0 saturated carbocycles. The van der Waals surface area contributed by atoms with Crippen LogP contribution >= 0.6 is 11.6 Å². The van der Waals surface area contributed by atoms with Gasteiger partial charge < -0.3 is 15.5 Å². The number of rotatable bonds is 6. The Balaban J connectivity index is 1.93. The Bertz CT molecular complexity index is 636. The number of hydrogen-bond donors (Lipinski definition) is 2. The number of piperazine rings is 1.